The molecule has 0 aliphatic carbocycles. The molecule has 4 aromatic rings. The molecule has 1 heterocycles. The van der Waals surface area contributed by atoms with E-state index in [1.807, 2.05) is 42.5 Å². The minimum absolute atomic E-state index is 0.504. The molecular formula is C25H21Cl2N3O. The third kappa shape index (κ3) is 4.13. The SMILES string of the molecule is COc1[nH]c2ccc(-c3cccc(C#N)c3)c(Cc3ccc(Cl)c(Cl)c3)c2c1CCN. The molecule has 0 aliphatic heterocycles. The number of fused-ring (bicyclic) bond motifs is 1. The maximum absolute atomic E-state index is 9.38. The van der Waals surface area contributed by atoms with Crippen molar-refractivity contribution in [3.63, 3.8) is 0 Å². The van der Waals surface area contributed by atoms with Crippen LogP contribution in [0.15, 0.2) is 54.6 Å². The van der Waals surface area contributed by atoms with Crippen LogP contribution in [0.4, 0.5) is 0 Å². The molecule has 0 bridgehead atoms. The van der Waals surface area contributed by atoms with Crippen LogP contribution < -0.4 is 10.5 Å². The Balaban J connectivity index is 2.00. The highest BCUT2D eigenvalue weighted by molar-refractivity contribution is 6.42. The number of hydrogen-bond donors (Lipinski definition) is 2. The van der Waals surface area contributed by atoms with Crippen molar-refractivity contribution >= 4 is 34.1 Å². The smallest absolute Gasteiger partial charge is 0.194 e. The van der Waals surface area contributed by atoms with E-state index in [-0.39, 0.29) is 0 Å². The molecule has 3 aromatic carbocycles. The van der Waals surface area contributed by atoms with Gasteiger partial charge in [0, 0.05) is 16.5 Å². The van der Waals surface area contributed by atoms with Crippen molar-refractivity contribution < 1.29 is 4.74 Å². The van der Waals surface area contributed by atoms with Gasteiger partial charge in [0.2, 0.25) is 0 Å². The van der Waals surface area contributed by atoms with Crippen molar-refractivity contribution in [1.82, 2.24) is 4.98 Å². The molecule has 6 heteroatoms. The Morgan fingerprint density at radius 2 is 1.87 bits per heavy atom. The summed E-state index contributed by atoms with van der Waals surface area (Å²) in [5.41, 5.74) is 12.8. The molecule has 31 heavy (non-hydrogen) atoms. The lowest BCUT2D eigenvalue weighted by atomic mass is 9.90. The Morgan fingerprint density at radius 3 is 2.58 bits per heavy atom. The number of H-pyrrole nitrogens is 1. The van der Waals surface area contributed by atoms with Crippen molar-refractivity contribution in [2.45, 2.75) is 12.8 Å². The predicted octanol–water partition coefficient (Wildman–Crippen LogP) is 6.11. The fraction of sp³-hybridized carbons (Fsp3) is 0.160. The standard InChI is InChI=1S/C25H21Cl2N3O/c1-31-25-19(9-10-28)24-20(12-15-5-7-21(26)22(27)13-15)18(6-8-23(24)30-25)17-4-2-3-16(11-17)14-29/h2-8,11,13,30H,9-10,12,28H2,1H3. The van der Waals surface area contributed by atoms with E-state index < -0.39 is 0 Å². The number of benzene rings is 3. The summed E-state index contributed by atoms with van der Waals surface area (Å²) in [5, 5.41) is 11.5. The van der Waals surface area contributed by atoms with Gasteiger partial charge in [-0.1, -0.05) is 47.5 Å². The zero-order valence-corrected chi connectivity index (χ0v) is 18.5. The number of nitriles is 1. The summed E-state index contributed by atoms with van der Waals surface area (Å²) in [7, 11) is 1.65. The first-order valence-corrected chi connectivity index (χ1v) is 10.7. The Morgan fingerprint density at radius 1 is 1.03 bits per heavy atom. The third-order valence-electron chi connectivity index (χ3n) is 5.40. The number of nitrogens with one attached hydrogen (secondary N) is 1. The molecule has 3 N–H and O–H groups in total. The molecule has 0 spiro atoms. The van der Waals surface area contributed by atoms with Crippen LogP contribution in [0.1, 0.15) is 22.3 Å². The maximum atomic E-state index is 9.38. The molecule has 1 aromatic heterocycles. The lowest BCUT2D eigenvalue weighted by molar-refractivity contribution is 0.397. The van der Waals surface area contributed by atoms with Gasteiger partial charge in [0.05, 0.1) is 28.8 Å². The normalized spacial score (nSPS) is 10.9. The van der Waals surface area contributed by atoms with Gasteiger partial charge in [-0.3, -0.25) is 0 Å². The summed E-state index contributed by atoms with van der Waals surface area (Å²) in [4.78, 5) is 3.37. The Hall–Kier alpha value is -2.97. The van der Waals surface area contributed by atoms with Crippen molar-refractivity contribution in [3.8, 4) is 23.1 Å². The number of halogens is 2. The van der Waals surface area contributed by atoms with Crippen LogP contribution in [0.2, 0.25) is 10.0 Å². The first kappa shape index (κ1) is 21.3. The van der Waals surface area contributed by atoms with E-state index in [0.29, 0.717) is 35.0 Å². The van der Waals surface area contributed by atoms with Crippen LogP contribution in [0.5, 0.6) is 5.88 Å². The van der Waals surface area contributed by atoms with Gasteiger partial charge in [0.15, 0.2) is 5.88 Å². The molecule has 0 saturated heterocycles. The van der Waals surface area contributed by atoms with Crippen LogP contribution in [0, 0.1) is 11.3 Å². The van der Waals surface area contributed by atoms with Crippen molar-refractivity contribution in [1.29, 1.82) is 5.26 Å². The number of methoxy groups -OCH3 is 1. The topological polar surface area (TPSA) is 74.8 Å². The third-order valence-corrected chi connectivity index (χ3v) is 6.14. The Kier molecular flexibility index (Phi) is 6.20. The molecule has 0 saturated carbocycles. The second-order valence-corrected chi connectivity index (χ2v) is 8.12. The summed E-state index contributed by atoms with van der Waals surface area (Å²) >= 11 is 12.4. The van der Waals surface area contributed by atoms with E-state index >= 15 is 0 Å². The quantitative estimate of drug-likeness (QED) is 0.372. The number of hydrogen-bond acceptors (Lipinski definition) is 3. The monoisotopic (exact) mass is 449 g/mol. The molecule has 4 rings (SSSR count). The zero-order chi connectivity index (χ0) is 22.0. The van der Waals surface area contributed by atoms with Gasteiger partial charge in [0.25, 0.3) is 0 Å². The summed E-state index contributed by atoms with van der Waals surface area (Å²) < 4.78 is 5.61. The molecule has 0 unspecified atom stereocenters. The van der Waals surface area contributed by atoms with Crippen molar-refractivity contribution in [2.24, 2.45) is 5.73 Å². The number of nitrogens with zero attached hydrogens (tertiary/aromatic N) is 1. The number of aromatic amines is 1. The fourth-order valence-corrected chi connectivity index (χ4v) is 4.35. The second-order valence-electron chi connectivity index (χ2n) is 7.31. The number of aromatic nitrogens is 1. The van der Waals surface area contributed by atoms with Crippen LogP contribution in [0.3, 0.4) is 0 Å². The maximum Gasteiger partial charge on any atom is 0.194 e. The molecule has 0 radical (unpaired) electrons. The highest BCUT2D eigenvalue weighted by Crippen LogP contribution is 2.38. The number of ether oxygens (including phenoxy) is 1. The highest BCUT2D eigenvalue weighted by atomic mass is 35.5. The molecular weight excluding hydrogens is 429 g/mol. The zero-order valence-electron chi connectivity index (χ0n) is 17.0. The Labute approximate surface area is 191 Å². The van der Waals surface area contributed by atoms with Crippen molar-refractivity contribution in [3.05, 3.63) is 86.9 Å². The first-order chi connectivity index (χ1) is 15.0. The molecule has 0 aliphatic rings. The van der Waals surface area contributed by atoms with Gasteiger partial charge in [-0.15, -0.1) is 0 Å². The van der Waals surface area contributed by atoms with E-state index in [9.17, 15) is 5.26 Å². The van der Waals surface area contributed by atoms with Gasteiger partial charge in [-0.2, -0.15) is 5.26 Å². The van der Waals surface area contributed by atoms with E-state index in [4.69, 9.17) is 33.7 Å². The summed E-state index contributed by atoms with van der Waals surface area (Å²) in [6.07, 6.45) is 1.32. The average Bonchev–Trinajstić information content (AvgIpc) is 3.15. The van der Waals surface area contributed by atoms with Gasteiger partial charge >= 0.3 is 0 Å². The van der Waals surface area contributed by atoms with Crippen LogP contribution in [0.25, 0.3) is 22.0 Å². The lowest BCUT2D eigenvalue weighted by Crippen LogP contribution is -2.04. The highest BCUT2D eigenvalue weighted by Gasteiger charge is 2.19. The Bertz CT molecular complexity index is 1300. The van der Waals surface area contributed by atoms with Gasteiger partial charge in [-0.25, -0.2) is 0 Å². The largest absolute Gasteiger partial charge is 0.482 e. The molecule has 0 atom stereocenters. The van der Waals surface area contributed by atoms with Crippen LogP contribution >= 0.6 is 23.2 Å². The van der Waals surface area contributed by atoms with Crippen molar-refractivity contribution in [2.75, 3.05) is 13.7 Å². The molecule has 0 amide bonds. The molecule has 4 nitrogen and oxygen atoms in total. The minimum Gasteiger partial charge on any atom is -0.482 e. The van der Waals surface area contributed by atoms with Crippen LogP contribution in [-0.2, 0) is 12.8 Å². The number of rotatable bonds is 6. The first-order valence-electron chi connectivity index (χ1n) is 9.90. The fourth-order valence-electron chi connectivity index (χ4n) is 4.03. The molecule has 156 valence electrons. The summed E-state index contributed by atoms with van der Waals surface area (Å²) in [5.74, 6) is 0.721. The van der Waals surface area contributed by atoms with Gasteiger partial charge in [0.1, 0.15) is 0 Å². The minimum atomic E-state index is 0.504. The van der Waals surface area contributed by atoms with Crippen LogP contribution in [-0.4, -0.2) is 18.6 Å². The van der Waals surface area contributed by atoms with E-state index in [1.165, 1.54) is 0 Å². The predicted molar refractivity (Wildman–Crippen MR) is 127 cm³/mol. The number of nitrogens with two attached hydrogens (primary N) is 1. The van der Waals surface area contributed by atoms with E-state index in [2.05, 4.69) is 17.1 Å². The summed E-state index contributed by atoms with van der Waals surface area (Å²) in [6.45, 7) is 0.504. The van der Waals surface area contributed by atoms with Gasteiger partial charge in [-0.05, 0) is 72.0 Å². The van der Waals surface area contributed by atoms with E-state index in [0.717, 1.165) is 44.6 Å². The van der Waals surface area contributed by atoms with E-state index in [1.54, 1.807) is 13.2 Å². The molecule has 0 fully saturated rings. The lowest BCUT2D eigenvalue weighted by Gasteiger charge is -2.14. The van der Waals surface area contributed by atoms with Gasteiger partial charge < -0.3 is 15.5 Å². The summed E-state index contributed by atoms with van der Waals surface area (Å²) in [6, 6.07) is 19.7. The second kappa shape index (κ2) is 9.03. The average molecular weight is 450 g/mol.